The summed E-state index contributed by atoms with van der Waals surface area (Å²) in [6.45, 7) is 4.31. The Labute approximate surface area is 112 Å². The first-order chi connectivity index (χ1) is 9.00. The highest BCUT2D eigenvalue weighted by Gasteiger charge is 2.31. The number of hydrogen-bond acceptors (Lipinski definition) is 2. The molecule has 0 saturated heterocycles. The normalized spacial score (nSPS) is 26.1. The summed E-state index contributed by atoms with van der Waals surface area (Å²) in [6.07, 6.45) is 2.07. The van der Waals surface area contributed by atoms with Gasteiger partial charge in [0.1, 0.15) is 0 Å². The minimum Gasteiger partial charge on any atom is -0.478 e. The van der Waals surface area contributed by atoms with Crippen LogP contribution in [0.5, 0.6) is 0 Å². The minimum absolute atomic E-state index is 0.0544. The van der Waals surface area contributed by atoms with Gasteiger partial charge in [-0.1, -0.05) is 26.0 Å². The Morgan fingerprint density at radius 1 is 1.16 bits per heavy atom. The van der Waals surface area contributed by atoms with Gasteiger partial charge in [0.2, 0.25) is 0 Å². The second-order valence-electron chi connectivity index (χ2n) is 5.34. The molecule has 1 aromatic carbocycles. The van der Waals surface area contributed by atoms with Crippen LogP contribution in [0.2, 0.25) is 0 Å². The summed E-state index contributed by atoms with van der Waals surface area (Å²) < 4.78 is 0. The molecule has 1 aliphatic rings. The highest BCUT2D eigenvalue weighted by Crippen LogP contribution is 2.31. The first-order valence-electron chi connectivity index (χ1n) is 6.64. The van der Waals surface area contributed by atoms with Crippen LogP contribution in [0.15, 0.2) is 24.3 Å². The van der Waals surface area contributed by atoms with Crippen LogP contribution in [0, 0.1) is 11.8 Å². The first kappa shape index (κ1) is 13.6. The second kappa shape index (κ2) is 5.43. The van der Waals surface area contributed by atoms with Crippen molar-refractivity contribution in [1.82, 2.24) is 5.32 Å². The van der Waals surface area contributed by atoms with Crippen LogP contribution in [0.3, 0.4) is 0 Å². The lowest BCUT2D eigenvalue weighted by molar-refractivity contribution is 0.0690. The second-order valence-corrected chi connectivity index (χ2v) is 5.34. The summed E-state index contributed by atoms with van der Waals surface area (Å²) in [6, 6.07) is 6.46. The Kier molecular flexibility index (Phi) is 3.88. The quantitative estimate of drug-likeness (QED) is 0.878. The molecule has 4 nitrogen and oxygen atoms in total. The van der Waals surface area contributed by atoms with Gasteiger partial charge in [0, 0.05) is 6.04 Å². The Morgan fingerprint density at radius 3 is 2.32 bits per heavy atom. The fourth-order valence-electron chi connectivity index (χ4n) is 2.68. The van der Waals surface area contributed by atoms with Gasteiger partial charge < -0.3 is 10.4 Å². The molecule has 0 radical (unpaired) electrons. The average Bonchev–Trinajstić information content (AvgIpc) is 2.70. The van der Waals surface area contributed by atoms with Gasteiger partial charge in [0.25, 0.3) is 5.91 Å². The summed E-state index contributed by atoms with van der Waals surface area (Å²) in [5.74, 6) is -0.330. The highest BCUT2D eigenvalue weighted by atomic mass is 16.4. The standard InChI is InChI=1S/C15H19NO3/c1-9-7-8-13(10(9)2)16-14(17)11-5-3-4-6-12(11)15(18)19/h3-6,9-10,13H,7-8H2,1-2H3,(H,16,17)(H,18,19). The fourth-order valence-corrected chi connectivity index (χ4v) is 2.68. The molecule has 0 heterocycles. The van der Waals surface area contributed by atoms with Crippen molar-refractivity contribution in [3.8, 4) is 0 Å². The van der Waals surface area contributed by atoms with Crippen molar-refractivity contribution in [1.29, 1.82) is 0 Å². The lowest BCUT2D eigenvalue weighted by atomic mass is 9.97. The summed E-state index contributed by atoms with van der Waals surface area (Å²) in [7, 11) is 0. The third kappa shape index (κ3) is 2.78. The van der Waals surface area contributed by atoms with Gasteiger partial charge in [-0.05, 0) is 36.8 Å². The van der Waals surface area contributed by atoms with Crippen LogP contribution in [-0.2, 0) is 0 Å². The Bertz CT molecular complexity index is 498. The van der Waals surface area contributed by atoms with Crippen molar-refractivity contribution in [3.63, 3.8) is 0 Å². The molecule has 0 aliphatic heterocycles. The van der Waals surface area contributed by atoms with Crippen LogP contribution in [0.1, 0.15) is 47.4 Å². The maximum atomic E-state index is 12.2. The smallest absolute Gasteiger partial charge is 0.336 e. The van der Waals surface area contributed by atoms with E-state index in [1.54, 1.807) is 18.2 Å². The van der Waals surface area contributed by atoms with E-state index in [2.05, 4.69) is 19.2 Å². The number of carboxylic acids is 1. The third-order valence-corrected chi connectivity index (χ3v) is 4.18. The largest absolute Gasteiger partial charge is 0.478 e. The molecule has 19 heavy (non-hydrogen) atoms. The molecule has 1 aliphatic carbocycles. The SMILES string of the molecule is CC1CCC(NC(=O)c2ccccc2C(=O)O)C1C. The van der Waals surface area contributed by atoms with Crippen LogP contribution in [0.4, 0.5) is 0 Å². The number of nitrogens with one attached hydrogen (secondary N) is 1. The van der Waals surface area contributed by atoms with Crippen molar-refractivity contribution in [2.75, 3.05) is 0 Å². The molecule has 3 unspecified atom stereocenters. The monoisotopic (exact) mass is 261 g/mol. The number of carbonyl (C=O) groups excluding carboxylic acids is 1. The molecular weight excluding hydrogens is 242 g/mol. The van der Waals surface area contributed by atoms with Gasteiger partial charge in [-0.15, -0.1) is 0 Å². The fraction of sp³-hybridized carbons (Fsp3) is 0.467. The van der Waals surface area contributed by atoms with E-state index in [-0.39, 0.29) is 23.1 Å². The number of carboxylic acid groups (broad SMARTS) is 1. The molecule has 1 amide bonds. The minimum atomic E-state index is -1.07. The molecule has 4 heteroatoms. The van der Waals surface area contributed by atoms with Crippen molar-refractivity contribution in [2.45, 2.75) is 32.7 Å². The lowest BCUT2D eigenvalue weighted by Crippen LogP contribution is -2.38. The van der Waals surface area contributed by atoms with Gasteiger partial charge >= 0.3 is 5.97 Å². The highest BCUT2D eigenvalue weighted by molar-refractivity contribution is 6.04. The maximum Gasteiger partial charge on any atom is 0.336 e. The maximum absolute atomic E-state index is 12.2. The van der Waals surface area contributed by atoms with Crippen LogP contribution < -0.4 is 5.32 Å². The van der Waals surface area contributed by atoms with E-state index in [9.17, 15) is 9.59 Å². The summed E-state index contributed by atoms with van der Waals surface area (Å²) in [5.41, 5.74) is 0.292. The third-order valence-electron chi connectivity index (χ3n) is 4.18. The van der Waals surface area contributed by atoms with Crippen LogP contribution >= 0.6 is 0 Å². The zero-order valence-electron chi connectivity index (χ0n) is 11.2. The van der Waals surface area contributed by atoms with Crippen LogP contribution in [-0.4, -0.2) is 23.0 Å². The molecule has 1 aromatic rings. The number of amides is 1. The van der Waals surface area contributed by atoms with Gasteiger partial charge in [0.05, 0.1) is 11.1 Å². The van der Waals surface area contributed by atoms with Crippen molar-refractivity contribution >= 4 is 11.9 Å². The van der Waals surface area contributed by atoms with Crippen molar-refractivity contribution < 1.29 is 14.7 Å². The molecular formula is C15H19NO3. The predicted octanol–water partition coefficient (Wildman–Crippen LogP) is 2.55. The number of aromatic carboxylic acids is 1. The molecule has 1 saturated carbocycles. The lowest BCUT2D eigenvalue weighted by Gasteiger charge is -2.20. The van der Waals surface area contributed by atoms with E-state index >= 15 is 0 Å². The molecule has 0 aromatic heterocycles. The Morgan fingerprint density at radius 2 is 1.79 bits per heavy atom. The molecule has 3 atom stereocenters. The summed E-state index contributed by atoms with van der Waals surface area (Å²) in [5, 5.41) is 12.1. The number of rotatable bonds is 3. The Hall–Kier alpha value is -1.84. The van der Waals surface area contributed by atoms with Crippen molar-refractivity contribution in [3.05, 3.63) is 35.4 Å². The first-order valence-corrected chi connectivity index (χ1v) is 6.64. The molecule has 2 N–H and O–H groups in total. The molecule has 0 spiro atoms. The summed E-state index contributed by atoms with van der Waals surface area (Å²) >= 11 is 0. The van der Waals surface area contributed by atoms with E-state index in [4.69, 9.17) is 5.11 Å². The van der Waals surface area contributed by atoms with Gasteiger partial charge in [-0.3, -0.25) is 4.79 Å². The zero-order valence-corrected chi connectivity index (χ0v) is 11.2. The van der Waals surface area contributed by atoms with E-state index in [0.29, 0.717) is 11.8 Å². The molecule has 1 fully saturated rings. The molecule has 2 rings (SSSR count). The van der Waals surface area contributed by atoms with E-state index in [0.717, 1.165) is 12.8 Å². The van der Waals surface area contributed by atoms with Crippen LogP contribution in [0.25, 0.3) is 0 Å². The Balaban J connectivity index is 2.15. The van der Waals surface area contributed by atoms with E-state index in [1.165, 1.54) is 6.07 Å². The van der Waals surface area contributed by atoms with Gasteiger partial charge in [0.15, 0.2) is 0 Å². The number of hydrogen-bond donors (Lipinski definition) is 2. The topological polar surface area (TPSA) is 66.4 Å². The van der Waals surface area contributed by atoms with Gasteiger partial charge in [-0.25, -0.2) is 4.79 Å². The average molecular weight is 261 g/mol. The van der Waals surface area contributed by atoms with Crippen molar-refractivity contribution in [2.24, 2.45) is 11.8 Å². The van der Waals surface area contributed by atoms with E-state index in [1.807, 2.05) is 0 Å². The number of benzene rings is 1. The zero-order chi connectivity index (χ0) is 14.0. The van der Waals surface area contributed by atoms with Gasteiger partial charge in [-0.2, -0.15) is 0 Å². The molecule has 0 bridgehead atoms. The van der Waals surface area contributed by atoms with E-state index < -0.39 is 5.97 Å². The number of carbonyl (C=O) groups is 2. The summed E-state index contributed by atoms with van der Waals surface area (Å²) in [4.78, 5) is 23.3. The molecule has 102 valence electrons. The predicted molar refractivity (Wildman–Crippen MR) is 72.2 cm³/mol.